The molecule has 436 valence electrons. The van der Waals surface area contributed by atoms with Gasteiger partial charge in [0.1, 0.15) is 13.2 Å². The summed E-state index contributed by atoms with van der Waals surface area (Å²) in [7, 11) is 0. The Hall–Kier alpha value is -3.67. The third-order valence-electron chi connectivity index (χ3n) is 13.8. The minimum absolute atomic E-state index is 0.0778. The van der Waals surface area contributed by atoms with Crippen LogP contribution in [-0.4, -0.2) is 37.2 Å². The van der Waals surface area contributed by atoms with Gasteiger partial charge in [0.25, 0.3) is 0 Å². The maximum Gasteiger partial charge on any atom is 0.306 e. The first-order chi connectivity index (χ1) is 37.5. The van der Waals surface area contributed by atoms with E-state index in [1.165, 1.54) is 161 Å². The smallest absolute Gasteiger partial charge is 0.306 e. The molecule has 0 radical (unpaired) electrons. The Morgan fingerprint density at radius 3 is 0.829 bits per heavy atom. The quantitative estimate of drug-likeness (QED) is 0.0261. The molecular formula is C70H120O6. The van der Waals surface area contributed by atoms with Crippen molar-refractivity contribution in [2.75, 3.05) is 13.2 Å². The highest BCUT2D eigenvalue weighted by Crippen LogP contribution is 2.16. The number of rotatable bonds is 58. The SMILES string of the molecule is CC/C=C\C/C=C\C/C=C\C/C=C\C/C=C\C/C=C\CCCCCCCCCCCCCCC(=O)OCC(COC(=O)CCCCCCCCCCCC)OC(=O)CCCCCCCCC/C=C\C/C=C\CCCCC. The summed E-state index contributed by atoms with van der Waals surface area (Å²) in [5.74, 6) is -0.879. The van der Waals surface area contributed by atoms with E-state index >= 15 is 0 Å². The highest BCUT2D eigenvalue weighted by Gasteiger charge is 2.19. The van der Waals surface area contributed by atoms with Gasteiger partial charge >= 0.3 is 17.9 Å². The number of hydrogen-bond donors (Lipinski definition) is 0. The molecule has 0 fully saturated rings. The van der Waals surface area contributed by atoms with E-state index < -0.39 is 6.10 Å². The van der Waals surface area contributed by atoms with Crippen molar-refractivity contribution < 1.29 is 28.6 Å². The number of carbonyl (C=O) groups excluding carboxylic acids is 3. The van der Waals surface area contributed by atoms with Crippen molar-refractivity contribution in [1.82, 2.24) is 0 Å². The van der Waals surface area contributed by atoms with Gasteiger partial charge in [-0.25, -0.2) is 0 Å². The Morgan fingerprint density at radius 1 is 0.276 bits per heavy atom. The van der Waals surface area contributed by atoms with Crippen LogP contribution in [0.2, 0.25) is 0 Å². The van der Waals surface area contributed by atoms with Crippen LogP contribution in [0.5, 0.6) is 0 Å². The summed E-state index contributed by atoms with van der Waals surface area (Å²) < 4.78 is 16.9. The molecule has 0 heterocycles. The van der Waals surface area contributed by atoms with E-state index in [4.69, 9.17) is 14.2 Å². The molecule has 0 spiro atoms. The van der Waals surface area contributed by atoms with Gasteiger partial charge in [-0.2, -0.15) is 0 Å². The minimum Gasteiger partial charge on any atom is -0.462 e. The Bertz CT molecular complexity index is 1490. The third kappa shape index (κ3) is 61.2. The zero-order chi connectivity index (χ0) is 55.0. The first-order valence-corrected chi connectivity index (χ1v) is 32.2. The Kier molecular flexibility index (Phi) is 60.8. The lowest BCUT2D eigenvalue weighted by Crippen LogP contribution is -2.30. The summed E-state index contributed by atoms with van der Waals surface area (Å²) in [6.45, 7) is 6.50. The van der Waals surface area contributed by atoms with Gasteiger partial charge in [0.15, 0.2) is 6.10 Å². The second kappa shape index (κ2) is 63.9. The molecule has 6 nitrogen and oxygen atoms in total. The van der Waals surface area contributed by atoms with Gasteiger partial charge in [-0.3, -0.25) is 14.4 Å². The van der Waals surface area contributed by atoms with Gasteiger partial charge in [0.2, 0.25) is 0 Å². The number of carbonyl (C=O) groups is 3. The molecule has 0 bridgehead atoms. The molecule has 1 unspecified atom stereocenters. The largest absolute Gasteiger partial charge is 0.462 e. The maximum atomic E-state index is 12.9. The molecule has 0 aliphatic heterocycles. The van der Waals surface area contributed by atoms with Crippen molar-refractivity contribution >= 4 is 17.9 Å². The number of hydrogen-bond acceptors (Lipinski definition) is 6. The summed E-state index contributed by atoms with van der Waals surface area (Å²) in [5, 5.41) is 0. The third-order valence-corrected chi connectivity index (χ3v) is 13.8. The van der Waals surface area contributed by atoms with E-state index in [9.17, 15) is 14.4 Å². The molecule has 0 aliphatic carbocycles. The second-order valence-electron chi connectivity index (χ2n) is 21.3. The van der Waals surface area contributed by atoms with E-state index in [1.54, 1.807) is 0 Å². The van der Waals surface area contributed by atoms with Crippen LogP contribution in [0.15, 0.2) is 97.2 Å². The fraction of sp³-hybridized carbons (Fsp3) is 0.729. The topological polar surface area (TPSA) is 78.9 Å². The summed E-state index contributed by atoms with van der Waals surface area (Å²) in [4.78, 5) is 38.2. The lowest BCUT2D eigenvalue weighted by molar-refractivity contribution is -0.167. The van der Waals surface area contributed by atoms with E-state index in [2.05, 4.69) is 118 Å². The van der Waals surface area contributed by atoms with Crippen molar-refractivity contribution in [1.29, 1.82) is 0 Å². The molecule has 0 aromatic carbocycles. The van der Waals surface area contributed by atoms with Crippen LogP contribution in [0.3, 0.4) is 0 Å². The molecule has 0 saturated carbocycles. The van der Waals surface area contributed by atoms with Gasteiger partial charge in [-0.05, 0) is 103 Å². The zero-order valence-electron chi connectivity index (χ0n) is 50.0. The molecule has 0 rings (SSSR count). The van der Waals surface area contributed by atoms with E-state index in [0.717, 1.165) is 109 Å². The summed E-state index contributed by atoms with van der Waals surface area (Å²) in [5.41, 5.74) is 0. The average Bonchev–Trinajstić information content (AvgIpc) is 3.42. The molecule has 6 heteroatoms. The van der Waals surface area contributed by atoms with Crippen LogP contribution in [0, 0.1) is 0 Å². The molecular weight excluding hydrogens is 937 g/mol. The van der Waals surface area contributed by atoms with Crippen molar-refractivity contribution in [3.8, 4) is 0 Å². The molecule has 1 atom stereocenters. The minimum atomic E-state index is -0.780. The highest BCUT2D eigenvalue weighted by molar-refractivity contribution is 5.71. The predicted octanol–water partition coefficient (Wildman–Crippen LogP) is 22.0. The molecule has 0 aromatic heterocycles. The Balaban J connectivity index is 4.19. The lowest BCUT2D eigenvalue weighted by Gasteiger charge is -2.18. The van der Waals surface area contributed by atoms with E-state index in [0.29, 0.717) is 19.3 Å². The van der Waals surface area contributed by atoms with E-state index in [-0.39, 0.29) is 31.1 Å². The number of esters is 3. The highest BCUT2D eigenvalue weighted by atomic mass is 16.6. The standard InChI is InChI=1S/C70H120O6/c1-4-7-10-13-16-19-22-24-26-28-29-30-31-32-33-34-35-36-37-38-39-40-41-43-44-46-48-51-54-57-60-63-69(72)75-66-67(65-74-68(71)62-59-56-53-50-21-18-15-12-9-6-3)76-70(73)64-61-58-55-52-49-47-45-42-27-25-23-20-17-14-11-8-5-2/h7,10,16-17,19-20,24-27,29-30,32-33,35-36,67H,4-6,8-9,11-15,18,21-23,28,31,34,37-66H2,1-3H3/b10-7-,19-16-,20-17-,26-24-,27-25-,30-29-,33-32-,36-35-. The molecule has 0 saturated heterocycles. The van der Waals surface area contributed by atoms with Crippen LogP contribution < -0.4 is 0 Å². The molecule has 76 heavy (non-hydrogen) atoms. The lowest BCUT2D eigenvalue weighted by atomic mass is 10.0. The number of ether oxygens (including phenoxy) is 3. The van der Waals surface area contributed by atoms with Gasteiger partial charge in [-0.15, -0.1) is 0 Å². The van der Waals surface area contributed by atoms with Crippen LogP contribution >= 0.6 is 0 Å². The van der Waals surface area contributed by atoms with Gasteiger partial charge in [0, 0.05) is 19.3 Å². The van der Waals surface area contributed by atoms with Crippen LogP contribution in [0.25, 0.3) is 0 Å². The Morgan fingerprint density at radius 2 is 0.513 bits per heavy atom. The average molecular weight is 1060 g/mol. The fourth-order valence-corrected chi connectivity index (χ4v) is 9.01. The Labute approximate surface area is 470 Å². The number of unbranched alkanes of at least 4 members (excludes halogenated alkanes) is 31. The summed E-state index contributed by atoms with van der Waals surface area (Å²) >= 11 is 0. The van der Waals surface area contributed by atoms with E-state index in [1.807, 2.05) is 0 Å². The summed E-state index contributed by atoms with van der Waals surface area (Å²) in [6, 6.07) is 0. The van der Waals surface area contributed by atoms with Crippen molar-refractivity contribution in [2.45, 2.75) is 316 Å². The van der Waals surface area contributed by atoms with Crippen molar-refractivity contribution in [2.24, 2.45) is 0 Å². The fourth-order valence-electron chi connectivity index (χ4n) is 9.01. The van der Waals surface area contributed by atoms with Crippen LogP contribution in [-0.2, 0) is 28.6 Å². The molecule has 0 aliphatic rings. The summed E-state index contributed by atoms with van der Waals surface area (Å²) in [6.07, 6.45) is 85.6. The zero-order valence-corrected chi connectivity index (χ0v) is 50.0. The molecule has 0 N–H and O–H groups in total. The van der Waals surface area contributed by atoms with Crippen molar-refractivity contribution in [3.63, 3.8) is 0 Å². The van der Waals surface area contributed by atoms with Gasteiger partial charge in [0.05, 0.1) is 0 Å². The van der Waals surface area contributed by atoms with Gasteiger partial charge in [-0.1, -0.05) is 285 Å². The predicted molar refractivity (Wildman–Crippen MR) is 330 cm³/mol. The normalized spacial score (nSPS) is 12.7. The maximum absolute atomic E-state index is 12.9. The first-order valence-electron chi connectivity index (χ1n) is 32.2. The van der Waals surface area contributed by atoms with Gasteiger partial charge < -0.3 is 14.2 Å². The van der Waals surface area contributed by atoms with Crippen LogP contribution in [0.4, 0.5) is 0 Å². The van der Waals surface area contributed by atoms with Crippen LogP contribution in [0.1, 0.15) is 310 Å². The monoisotopic (exact) mass is 1060 g/mol. The second-order valence-corrected chi connectivity index (χ2v) is 21.3. The first kappa shape index (κ1) is 72.3. The van der Waals surface area contributed by atoms with Crippen molar-refractivity contribution in [3.05, 3.63) is 97.2 Å². The number of allylic oxidation sites excluding steroid dienone is 16. The molecule has 0 aromatic rings. The molecule has 0 amide bonds.